The molecular weight excluding hydrogens is 206 g/mol. The number of ether oxygens (including phenoxy) is 3. The summed E-state index contributed by atoms with van der Waals surface area (Å²) < 4.78 is 16.0. The van der Waals surface area contributed by atoms with Crippen molar-refractivity contribution in [2.75, 3.05) is 40.1 Å². The average molecular weight is 233 g/mol. The normalized spacial score (nSPS) is 14.1. The highest BCUT2D eigenvalue weighted by Crippen LogP contribution is 2.05. The van der Waals surface area contributed by atoms with E-state index in [9.17, 15) is 0 Å². The van der Waals surface area contributed by atoms with Crippen LogP contribution in [0.15, 0.2) is 0 Å². The molecule has 0 aliphatic rings. The molecule has 4 heteroatoms. The van der Waals surface area contributed by atoms with Gasteiger partial charge in [0.25, 0.3) is 0 Å². The Kier molecular flexibility index (Phi) is 8.84. The Morgan fingerprint density at radius 2 is 1.81 bits per heavy atom. The highest BCUT2D eigenvalue weighted by Gasteiger charge is 2.08. The summed E-state index contributed by atoms with van der Waals surface area (Å²) in [5.41, 5.74) is -0.0748. The molecule has 98 valence electrons. The summed E-state index contributed by atoms with van der Waals surface area (Å²) in [7, 11) is 1.71. The van der Waals surface area contributed by atoms with E-state index in [1.807, 2.05) is 20.8 Å². The van der Waals surface area contributed by atoms with Crippen LogP contribution in [0.5, 0.6) is 0 Å². The molecule has 0 spiro atoms. The molecule has 0 amide bonds. The molecule has 0 saturated carbocycles. The van der Waals surface area contributed by atoms with E-state index >= 15 is 0 Å². The van der Waals surface area contributed by atoms with Crippen LogP contribution in [0, 0.1) is 0 Å². The lowest BCUT2D eigenvalue weighted by Gasteiger charge is -2.19. The standard InChI is InChI=1S/C12H27NO3/c1-11(10-14-5)13-6-7-15-8-9-16-12(2,3)4/h11,13H,6-10H2,1-5H3. The predicted octanol–water partition coefficient (Wildman–Crippen LogP) is 1.44. The molecule has 0 bridgehead atoms. The van der Waals surface area contributed by atoms with Gasteiger partial charge in [0.15, 0.2) is 0 Å². The van der Waals surface area contributed by atoms with Crippen LogP contribution in [0.4, 0.5) is 0 Å². The third kappa shape index (κ3) is 11.9. The zero-order chi connectivity index (χ0) is 12.4. The van der Waals surface area contributed by atoms with Crippen molar-refractivity contribution in [1.82, 2.24) is 5.32 Å². The molecule has 0 saturated heterocycles. The summed E-state index contributed by atoms with van der Waals surface area (Å²) in [4.78, 5) is 0. The van der Waals surface area contributed by atoms with Gasteiger partial charge < -0.3 is 19.5 Å². The first-order chi connectivity index (χ1) is 7.45. The maximum absolute atomic E-state index is 5.53. The van der Waals surface area contributed by atoms with E-state index in [4.69, 9.17) is 14.2 Å². The molecule has 0 aliphatic carbocycles. The first kappa shape index (κ1) is 15.8. The maximum atomic E-state index is 5.53. The molecule has 16 heavy (non-hydrogen) atoms. The molecule has 0 radical (unpaired) electrons. The molecule has 0 heterocycles. The molecule has 1 atom stereocenters. The number of hydrogen-bond donors (Lipinski definition) is 1. The van der Waals surface area contributed by atoms with Crippen LogP contribution in [0.1, 0.15) is 27.7 Å². The van der Waals surface area contributed by atoms with Crippen LogP contribution < -0.4 is 5.32 Å². The maximum Gasteiger partial charge on any atom is 0.0707 e. The van der Waals surface area contributed by atoms with Crippen molar-refractivity contribution < 1.29 is 14.2 Å². The topological polar surface area (TPSA) is 39.7 Å². The molecule has 4 nitrogen and oxygen atoms in total. The zero-order valence-corrected chi connectivity index (χ0v) is 11.3. The third-order valence-electron chi connectivity index (χ3n) is 1.92. The van der Waals surface area contributed by atoms with Crippen molar-refractivity contribution in [1.29, 1.82) is 0 Å². The van der Waals surface area contributed by atoms with Gasteiger partial charge in [0, 0.05) is 19.7 Å². The van der Waals surface area contributed by atoms with Gasteiger partial charge in [-0.25, -0.2) is 0 Å². The summed E-state index contributed by atoms with van der Waals surface area (Å²) in [6, 6.07) is 0.374. The van der Waals surface area contributed by atoms with Gasteiger partial charge in [0.1, 0.15) is 0 Å². The van der Waals surface area contributed by atoms with Crippen molar-refractivity contribution >= 4 is 0 Å². The Morgan fingerprint density at radius 1 is 1.12 bits per heavy atom. The van der Waals surface area contributed by atoms with Gasteiger partial charge in [-0.1, -0.05) is 0 Å². The van der Waals surface area contributed by atoms with E-state index in [1.54, 1.807) is 7.11 Å². The van der Waals surface area contributed by atoms with E-state index in [1.165, 1.54) is 0 Å². The van der Waals surface area contributed by atoms with Crippen LogP contribution in [0.25, 0.3) is 0 Å². The Bertz CT molecular complexity index is 157. The molecule has 0 aliphatic heterocycles. The van der Waals surface area contributed by atoms with Crippen molar-refractivity contribution in [3.63, 3.8) is 0 Å². The third-order valence-corrected chi connectivity index (χ3v) is 1.92. The van der Waals surface area contributed by atoms with Gasteiger partial charge in [-0.3, -0.25) is 0 Å². The molecule has 0 rings (SSSR count). The fraction of sp³-hybridized carbons (Fsp3) is 1.00. The molecule has 0 fully saturated rings. The van der Waals surface area contributed by atoms with Gasteiger partial charge in [-0.2, -0.15) is 0 Å². The molecule has 0 aromatic rings. The molecule has 1 N–H and O–H groups in total. The fourth-order valence-electron chi connectivity index (χ4n) is 1.20. The minimum absolute atomic E-state index is 0.0748. The van der Waals surface area contributed by atoms with Crippen LogP contribution in [0.3, 0.4) is 0 Å². The summed E-state index contributed by atoms with van der Waals surface area (Å²) in [5.74, 6) is 0. The second-order valence-electron chi connectivity index (χ2n) is 4.88. The number of hydrogen-bond acceptors (Lipinski definition) is 4. The van der Waals surface area contributed by atoms with Gasteiger partial charge in [0.2, 0.25) is 0 Å². The van der Waals surface area contributed by atoms with Gasteiger partial charge in [-0.05, 0) is 27.7 Å². The van der Waals surface area contributed by atoms with E-state index in [-0.39, 0.29) is 5.60 Å². The quantitative estimate of drug-likeness (QED) is 0.612. The summed E-state index contributed by atoms with van der Waals surface area (Å²) in [5, 5.41) is 3.30. The lowest BCUT2D eigenvalue weighted by molar-refractivity contribution is -0.0345. The van der Waals surface area contributed by atoms with Crippen molar-refractivity contribution in [3.8, 4) is 0 Å². The second kappa shape index (κ2) is 8.93. The Balaban J connectivity index is 3.16. The van der Waals surface area contributed by atoms with Crippen LogP contribution in [-0.4, -0.2) is 51.7 Å². The fourth-order valence-corrected chi connectivity index (χ4v) is 1.20. The van der Waals surface area contributed by atoms with Gasteiger partial charge in [0.05, 0.1) is 32.0 Å². The molecule has 0 aromatic heterocycles. The SMILES string of the molecule is COCC(C)NCCOCCOC(C)(C)C. The van der Waals surface area contributed by atoms with Crippen LogP contribution in [0.2, 0.25) is 0 Å². The van der Waals surface area contributed by atoms with Crippen LogP contribution in [-0.2, 0) is 14.2 Å². The summed E-state index contributed by atoms with van der Waals surface area (Å²) in [6.45, 7) is 11.8. The lowest BCUT2D eigenvalue weighted by Crippen LogP contribution is -2.33. The highest BCUT2D eigenvalue weighted by atomic mass is 16.5. The van der Waals surface area contributed by atoms with Crippen molar-refractivity contribution in [2.24, 2.45) is 0 Å². The number of methoxy groups -OCH3 is 1. The summed E-state index contributed by atoms with van der Waals surface area (Å²) in [6.07, 6.45) is 0. The highest BCUT2D eigenvalue weighted by molar-refractivity contribution is 4.59. The molecular formula is C12H27NO3. The minimum Gasteiger partial charge on any atom is -0.383 e. The molecule has 1 unspecified atom stereocenters. The second-order valence-corrected chi connectivity index (χ2v) is 4.88. The first-order valence-electron chi connectivity index (χ1n) is 5.89. The average Bonchev–Trinajstić information content (AvgIpc) is 2.15. The number of rotatable bonds is 9. The zero-order valence-electron chi connectivity index (χ0n) is 11.3. The first-order valence-corrected chi connectivity index (χ1v) is 5.89. The minimum atomic E-state index is -0.0748. The lowest BCUT2D eigenvalue weighted by atomic mass is 10.2. The Labute approximate surface area is 99.6 Å². The predicted molar refractivity (Wildman–Crippen MR) is 65.9 cm³/mol. The monoisotopic (exact) mass is 233 g/mol. The molecule has 0 aromatic carbocycles. The van der Waals surface area contributed by atoms with Crippen molar-refractivity contribution in [3.05, 3.63) is 0 Å². The Morgan fingerprint density at radius 3 is 2.38 bits per heavy atom. The van der Waals surface area contributed by atoms with E-state index in [0.29, 0.717) is 25.9 Å². The van der Waals surface area contributed by atoms with E-state index in [2.05, 4.69) is 12.2 Å². The van der Waals surface area contributed by atoms with Gasteiger partial charge in [-0.15, -0.1) is 0 Å². The largest absolute Gasteiger partial charge is 0.383 e. The number of nitrogens with one attached hydrogen (secondary N) is 1. The van der Waals surface area contributed by atoms with E-state index < -0.39 is 0 Å². The summed E-state index contributed by atoms with van der Waals surface area (Å²) >= 11 is 0. The van der Waals surface area contributed by atoms with Gasteiger partial charge >= 0.3 is 0 Å². The van der Waals surface area contributed by atoms with E-state index in [0.717, 1.165) is 13.2 Å². The Hall–Kier alpha value is -0.160. The smallest absolute Gasteiger partial charge is 0.0707 e. The van der Waals surface area contributed by atoms with Crippen molar-refractivity contribution in [2.45, 2.75) is 39.3 Å². The van der Waals surface area contributed by atoms with Crippen LogP contribution >= 0.6 is 0 Å².